The second-order valence-electron chi connectivity index (χ2n) is 6.77. The van der Waals surface area contributed by atoms with Gasteiger partial charge in [0.25, 0.3) is 0 Å². The Balaban J connectivity index is 1.56. The lowest BCUT2D eigenvalue weighted by atomic mass is 10.2. The Bertz CT molecular complexity index is 1030. The van der Waals surface area contributed by atoms with Crippen molar-refractivity contribution in [3.05, 3.63) is 82.1 Å². The third-order valence-corrected chi connectivity index (χ3v) is 6.61. The Hall–Kier alpha value is -1.93. The van der Waals surface area contributed by atoms with Crippen LogP contribution in [0, 0.1) is 6.92 Å². The number of hydrogen-bond acceptors (Lipinski definition) is 5. The maximum Gasteiger partial charge on any atom is 0.234 e. The summed E-state index contributed by atoms with van der Waals surface area (Å²) in [4.78, 5) is 12.3. The number of allylic oxidation sites excluding steroid dienone is 1. The third-order valence-electron chi connectivity index (χ3n) is 4.20. The number of rotatable bonds is 10. The quantitative estimate of drug-likeness (QED) is 0.268. The van der Waals surface area contributed by atoms with Crippen LogP contribution in [0.1, 0.15) is 17.0 Å². The first-order valence-electron chi connectivity index (χ1n) is 9.49. The number of halogens is 2. The molecular weight excluding hydrogens is 471 g/mol. The van der Waals surface area contributed by atoms with Gasteiger partial charge in [-0.3, -0.25) is 4.79 Å². The van der Waals surface area contributed by atoms with E-state index in [1.165, 1.54) is 22.9 Å². The average Bonchev–Trinajstić information content (AvgIpc) is 3.09. The number of nitrogens with zero attached hydrogens (tertiary/aromatic N) is 3. The highest BCUT2D eigenvalue weighted by Gasteiger charge is 2.14. The molecule has 0 aliphatic heterocycles. The lowest BCUT2D eigenvalue weighted by molar-refractivity contribution is -0.113. The highest BCUT2D eigenvalue weighted by atomic mass is 35.5. The Morgan fingerprint density at radius 2 is 1.84 bits per heavy atom. The fraction of sp³-hybridized carbons (Fsp3) is 0.227. The van der Waals surface area contributed by atoms with Gasteiger partial charge in [0.1, 0.15) is 5.82 Å². The summed E-state index contributed by atoms with van der Waals surface area (Å²) >= 11 is 15.1. The molecule has 5 nitrogen and oxygen atoms in total. The molecule has 3 aromatic rings. The van der Waals surface area contributed by atoms with Crippen LogP contribution in [-0.4, -0.2) is 26.4 Å². The minimum absolute atomic E-state index is 0.174. The summed E-state index contributed by atoms with van der Waals surface area (Å²) in [6.07, 6.45) is 1.80. The summed E-state index contributed by atoms with van der Waals surface area (Å²) in [6, 6.07) is 13.4. The zero-order chi connectivity index (χ0) is 22.2. The van der Waals surface area contributed by atoms with Crippen LogP contribution in [0.3, 0.4) is 0 Å². The van der Waals surface area contributed by atoms with Gasteiger partial charge in [0.2, 0.25) is 5.91 Å². The number of aryl methyl sites for hydroxylation is 1. The van der Waals surface area contributed by atoms with Crippen molar-refractivity contribution in [1.29, 1.82) is 0 Å². The molecule has 1 amide bonds. The van der Waals surface area contributed by atoms with E-state index >= 15 is 0 Å². The van der Waals surface area contributed by atoms with Crippen molar-refractivity contribution < 1.29 is 4.79 Å². The van der Waals surface area contributed by atoms with E-state index in [2.05, 4.69) is 53.3 Å². The van der Waals surface area contributed by atoms with Gasteiger partial charge in [0.05, 0.1) is 11.5 Å². The Morgan fingerprint density at radius 1 is 1.13 bits per heavy atom. The summed E-state index contributed by atoms with van der Waals surface area (Å²) in [5.74, 6) is 2.50. The van der Waals surface area contributed by atoms with E-state index in [1.807, 2.05) is 4.57 Å². The molecule has 1 heterocycles. The number of nitrogens with one attached hydrogen (secondary N) is 1. The summed E-state index contributed by atoms with van der Waals surface area (Å²) in [5, 5.41) is 13.0. The number of anilines is 1. The molecule has 0 saturated carbocycles. The van der Waals surface area contributed by atoms with Crippen molar-refractivity contribution in [3.8, 4) is 0 Å². The van der Waals surface area contributed by atoms with Crippen LogP contribution in [0.15, 0.2) is 60.3 Å². The predicted molar refractivity (Wildman–Crippen MR) is 132 cm³/mol. The number of thioether (sulfide) groups is 2. The fourth-order valence-corrected chi connectivity index (χ4v) is 4.96. The third kappa shape index (κ3) is 7.31. The molecule has 0 saturated heterocycles. The number of aromatic nitrogens is 3. The van der Waals surface area contributed by atoms with Gasteiger partial charge in [-0.2, -0.15) is 0 Å². The molecule has 0 bridgehead atoms. The Labute approximate surface area is 200 Å². The summed E-state index contributed by atoms with van der Waals surface area (Å²) < 4.78 is 1.99. The normalized spacial score (nSPS) is 10.8. The highest BCUT2D eigenvalue weighted by Crippen LogP contribution is 2.24. The van der Waals surface area contributed by atoms with E-state index in [9.17, 15) is 4.79 Å². The number of carbonyl (C=O) groups is 1. The van der Waals surface area contributed by atoms with Gasteiger partial charge in [-0.05, 0) is 30.7 Å². The predicted octanol–water partition coefficient (Wildman–Crippen LogP) is 6.24. The minimum Gasteiger partial charge on any atom is -0.325 e. The maximum absolute atomic E-state index is 12.3. The molecule has 1 aromatic heterocycles. The van der Waals surface area contributed by atoms with Gasteiger partial charge in [-0.25, -0.2) is 0 Å². The highest BCUT2D eigenvalue weighted by molar-refractivity contribution is 7.99. The first kappa shape index (κ1) is 23.7. The van der Waals surface area contributed by atoms with Crippen LogP contribution in [0.4, 0.5) is 5.69 Å². The molecule has 0 atom stereocenters. The van der Waals surface area contributed by atoms with Crippen LogP contribution in [0.2, 0.25) is 10.0 Å². The van der Waals surface area contributed by atoms with Crippen molar-refractivity contribution in [2.75, 3.05) is 11.1 Å². The molecule has 162 valence electrons. The van der Waals surface area contributed by atoms with Crippen molar-refractivity contribution in [3.63, 3.8) is 0 Å². The monoisotopic (exact) mass is 492 g/mol. The summed E-state index contributed by atoms with van der Waals surface area (Å²) in [7, 11) is 0. The number of amides is 1. The van der Waals surface area contributed by atoms with Gasteiger partial charge < -0.3 is 9.88 Å². The van der Waals surface area contributed by atoms with E-state index in [-0.39, 0.29) is 11.7 Å². The molecule has 3 rings (SSSR count). The van der Waals surface area contributed by atoms with E-state index in [4.69, 9.17) is 23.2 Å². The van der Waals surface area contributed by atoms with Gasteiger partial charge in [-0.15, -0.1) is 28.5 Å². The molecule has 0 aliphatic carbocycles. The zero-order valence-corrected chi connectivity index (χ0v) is 20.1. The minimum atomic E-state index is -0.174. The van der Waals surface area contributed by atoms with E-state index in [1.54, 1.807) is 36.0 Å². The maximum atomic E-state index is 12.3. The fourth-order valence-electron chi connectivity index (χ4n) is 2.74. The largest absolute Gasteiger partial charge is 0.325 e. The van der Waals surface area contributed by atoms with Crippen LogP contribution in [0.5, 0.6) is 0 Å². The van der Waals surface area contributed by atoms with Crippen molar-refractivity contribution in [1.82, 2.24) is 14.8 Å². The second kappa shape index (κ2) is 11.6. The molecule has 0 aliphatic rings. The lowest BCUT2D eigenvalue weighted by Gasteiger charge is -2.09. The van der Waals surface area contributed by atoms with Gasteiger partial charge >= 0.3 is 0 Å². The summed E-state index contributed by atoms with van der Waals surface area (Å²) in [6.45, 7) is 6.49. The van der Waals surface area contributed by atoms with Gasteiger partial charge in [0.15, 0.2) is 5.16 Å². The second-order valence-corrected chi connectivity index (χ2v) is 9.57. The molecule has 9 heteroatoms. The topological polar surface area (TPSA) is 59.8 Å². The number of hydrogen-bond donors (Lipinski definition) is 1. The molecule has 2 aromatic carbocycles. The molecule has 0 radical (unpaired) electrons. The summed E-state index contributed by atoms with van der Waals surface area (Å²) in [5.41, 5.74) is 3.09. The van der Waals surface area contributed by atoms with Crippen molar-refractivity contribution in [2.24, 2.45) is 0 Å². The van der Waals surface area contributed by atoms with E-state index in [0.717, 1.165) is 17.3 Å². The SMILES string of the molecule is C=CCn1c(CSCc2ccc(C)cc2)nnc1SCC(=O)Nc1cc(Cl)cc(Cl)c1. The first-order valence-corrected chi connectivity index (χ1v) is 12.4. The van der Waals surface area contributed by atoms with Crippen LogP contribution in [0.25, 0.3) is 0 Å². The smallest absolute Gasteiger partial charge is 0.234 e. The van der Waals surface area contributed by atoms with Gasteiger partial charge in [0, 0.05) is 28.0 Å². The molecule has 1 N–H and O–H groups in total. The van der Waals surface area contributed by atoms with Crippen molar-refractivity contribution in [2.45, 2.75) is 30.1 Å². The molecular formula is C22H22Cl2N4OS2. The van der Waals surface area contributed by atoms with Crippen LogP contribution in [-0.2, 0) is 22.8 Å². The molecule has 0 unspecified atom stereocenters. The average molecular weight is 493 g/mol. The van der Waals surface area contributed by atoms with E-state index in [0.29, 0.717) is 27.4 Å². The van der Waals surface area contributed by atoms with Crippen LogP contribution >= 0.6 is 46.7 Å². The number of benzene rings is 2. The number of carbonyl (C=O) groups excluding carboxylic acids is 1. The van der Waals surface area contributed by atoms with E-state index < -0.39 is 0 Å². The standard InChI is InChI=1S/C22H22Cl2N4OS2/c1-3-8-28-20(13-30-12-16-6-4-15(2)5-7-16)26-27-22(28)31-14-21(29)25-19-10-17(23)9-18(24)11-19/h3-7,9-11H,1,8,12-14H2,2H3,(H,25,29). The lowest BCUT2D eigenvalue weighted by Crippen LogP contribution is -2.14. The van der Waals surface area contributed by atoms with Crippen LogP contribution < -0.4 is 5.32 Å². The zero-order valence-electron chi connectivity index (χ0n) is 17.0. The van der Waals surface area contributed by atoms with Crippen molar-refractivity contribution >= 4 is 58.3 Å². The molecule has 0 spiro atoms. The molecule has 0 fully saturated rings. The van der Waals surface area contributed by atoms with Gasteiger partial charge in [-0.1, -0.05) is 70.9 Å². The Kier molecular flexibility index (Phi) is 8.90. The first-order chi connectivity index (χ1) is 14.9. The Morgan fingerprint density at radius 3 is 2.52 bits per heavy atom. The molecule has 31 heavy (non-hydrogen) atoms.